The second-order valence-electron chi connectivity index (χ2n) is 6.51. The van der Waals surface area contributed by atoms with Gasteiger partial charge in [-0.3, -0.25) is 9.59 Å². The molecule has 2 amide bonds. The largest absolute Gasteiger partial charge is 0.496 e. The predicted molar refractivity (Wildman–Crippen MR) is 111 cm³/mol. The monoisotopic (exact) mass is 431 g/mol. The van der Waals surface area contributed by atoms with Gasteiger partial charge in [0.15, 0.2) is 10.9 Å². The van der Waals surface area contributed by atoms with E-state index in [1.807, 2.05) is 5.38 Å². The maximum absolute atomic E-state index is 13.1. The van der Waals surface area contributed by atoms with Crippen LogP contribution in [0.5, 0.6) is 5.75 Å². The molecule has 0 bridgehead atoms. The Kier molecular flexibility index (Phi) is 5.55. The SMILES string of the molecule is COc1ccc(Cl)cc1C(=O)N1CCCC1C(=O)Nc1nc(-c2ccco2)cs1. The lowest BCUT2D eigenvalue weighted by atomic mass is 10.1. The van der Waals surface area contributed by atoms with Crippen molar-refractivity contribution in [2.45, 2.75) is 18.9 Å². The molecule has 4 rings (SSSR count). The minimum atomic E-state index is -0.581. The first-order valence-electron chi connectivity index (χ1n) is 9.01. The Morgan fingerprint density at radius 2 is 2.24 bits per heavy atom. The number of carbonyl (C=O) groups is 2. The van der Waals surface area contributed by atoms with Crippen LogP contribution in [0, 0.1) is 0 Å². The number of methoxy groups -OCH3 is 1. The molecule has 7 nitrogen and oxygen atoms in total. The van der Waals surface area contributed by atoms with Crippen molar-refractivity contribution in [3.05, 3.63) is 52.6 Å². The van der Waals surface area contributed by atoms with Gasteiger partial charge in [-0.15, -0.1) is 11.3 Å². The number of amides is 2. The van der Waals surface area contributed by atoms with Gasteiger partial charge >= 0.3 is 0 Å². The predicted octanol–water partition coefficient (Wildman–Crippen LogP) is 4.31. The van der Waals surface area contributed by atoms with Gasteiger partial charge in [0.25, 0.3) is 5.91 Å². The van der Waals surface area contributed by atoms with E-state index >= 15 is 0 Å². The zero-order valence-corrected chi connectivity index (χ0v) is 17.1. The number of hydrogen-bond acceptors (Lipinski definition) is 6. The molecule has 2 aromatic heterocycles. The van der Waals surface area contributed by atoms with Gasteiger partial charge in [0.2, 0.25) is 5.91 Å². The Balaban J connectivity index is 1.50. The zero-order valence-electron chi connectivity index (χ0n) is 15.6. The van der Waals surface area contributed by atoms with Gasteiger partial charge in [0.1, 0.15) is 17.5 Å². The summed E-state index contributed by atoms with van der Waals surface area (Å²) in [6, 6.07) is 7.86. The van der Waals surface area contributed by atoms with E-state index in [1.54, 1.807) is 41.5 Å². The number of furan rings is 1. The van der Waals surface area contributed by atoms with Gasteiger partial charge in [-0.25, -0.2) is 4.98 Å². The standard InChI is InChI=1S/C20H18ClN3O4S/c1-27-16-7-6-12(21)10-13(16)19(26)24-8-2-4-15(24)18(25)23-20-22-14(11-29-20)17-5-3-9-28-17/h3,5-7,9-11,15H,2,4,8H2,1H3,(H,22,23,25). The van der Waals surface area contributed by atoms with E-state index in [-0.39, 0.29) is 11.8 Å². The molecule has 3 aromatic rings. The van der Waals surface area contributed by atoms with E-state index in [1.165, 1.54) is 18.4 Å². The van der Waals surface area contributed by atoms with E-state index < -0.39 is 6.04 Å². The number of nitrogens with one attached hydrogen (secondary N) is 1. The lowest BCUT2D eigenvalue weighted by Crippen LogP contribution is -2.43. The molecule has 150 valence electrons. The molecule has 9 heteroatoms. The quantitative estimate of drug-likeness (QED) is 0.650. The average molecular weight is 432 g/mol. The number of halogens is 1. The van der Waals surface area contributed by atoms with Gasteiger partial charge in [-0.1, -0.05) is 11.6 Å². The highest BCUT2D eigenvalue weighted by Crippen LogP contribution is 2.29. The summed E-state index contributed by atoms with van der Waals surface area (Å²) in [6.45, 7) is 0.488. The van der Waals surface area contributed by atoms with Crippen molar-refractivity contribution in [2.24, 2.45) is 0 Å². The van der Waals surface area contributed by atoms with Crippen LogP contribution in [0.3, 0.4) is 0 Å². The van der Waals surface area contributed by atoms with Crippen LogP contribution in [-0.4, -0.2) is 41.4 Å². The lowest BCUT2D eigenvalue weighted by molar-refractivity contribution is -0.119. The van der Waals surface area contributed by atoms with Crippen molar-refractivity contribution in [3.8, 4) is 17.2 Å². The molecule has 1 saturated heterocycles. The van der Waals surface area contributed by atoms with Crippen LogP contribution in [0.4, 0.5) is 5.13 Å². The Labute approximate surface area is 176 Å². The van der Waals surface area contributed by atoms with Crippen LogP contribution < -0.4 is 10.1 Å². The van der Waals surface area contributed by atoms with Gasteiger partial charge in [-0.05, 0) is 43.2 Å². The van der Waals surface area contributed by atoms with E-state index in [0.717, 1.165) is 6.42 Å². The number of ether oxygens (including phenoxy) is 1. The average Bonchev–Trinajstić information content (AvgIpc) is 3.47. The molecule has 1 fully saturated rings. The molecule has 1 unspecified atom stereocenters. The summed E-state index contributed by atoms with van der Waals surface area (Å²) in [6.07, 6.45) is 2.89. The Hall–Kier alpha value is -2.84. The van der Waals surface area contributed by atoms with Crippen LogP contribution >= 0.6 is 22.9 Å². The number of anilines is 1. The fourth-order valence-corrected chi connectivity index (χ4v) is 4.22. The normalized spacial score (nSPS) is 16.1. The highest BCUT2D eigenvalue weighted by Gasteiger charge is 2.36. The molecule has 1 aliphatic rings. The van der Waals surface area contributed by atoms with E-state index in [0.29, 0.717) is 45.9 Å². The molecule has 1 atom stereocenters. The summed E-state index contributed by atoms with van der Waals surface area (Å²) in [7, 11) is 1.49. The van der Waals surface area contributed by atoms with Crippen molar-refractivity contribution >= 4 is 39.9 Å². The van der Waals surface area contributed by atoms with Gasteiger partial charge < -0.3 is 19.4 Å². The summed E-state index contributed by atoms with van der Waals surface area (Å²) in [4.78, 5) is 31.9. The summed E-state index contributed by atoms with van der Waals surface area (Å²) in [5, 5.41) is 5.52. The van der Waals surface area contributed by atoms with Crippen molar-refractivity contribution < 1.29 is 18.7 Å². The Bertz CT molecular complexity index is 1030. The van der Waals surface area contributed by atoms with Crippen LogP contribution in [0.15, 0.2) is 46.4 Å². The summed E-state index contributed by atoms with van der Waals surface area (Å²) in [5.74, 6) is 0.510. The number of thiazole rings is 1. The first-order chi connectivity index (χ1) is 14.1. The molecular weight excluding hydrogens is 414 g/mol. The third kappa shape index (κ3) is 3.99. The summed E-state index contributed by atoms with van der Waals surface area (Å²) < 4.78 is 10.6. The number of likely N-dealkylation sites (tertiary alicyclic amines) is 1. The molecule has 1 aromatic carbocycles. The Morgan fingerprint density at radius 1 is 1.38 bits per heavy atom. The lowest BCUT2D eigenvalue weighted by Gasteiger charge is -2.24. The fourth-order valence-electron chi connectivity index (χ4n) is 3.34. The third-order valence-corrected chi connectivity index (χ3v) is 5.71. The van der Waals surface area contributed by atoms with Crippen LogP contribution in [-0.2, 0) is 4.79 Å². The number of benzene rings is 1. The third-order valence-electron chi connectivity index (χ3n) is 4.72. The van der Waals surface area contributed by atoms with Crippen LogP contribution in [0.25, 0.3) is 11.5 Å². The number of nitrogens with zero attached hydrogens (tertiary/aromatic N) is 2. The van der Waals surface area contributed by atoms with Gasteiger partial charge in [-0.2, -0.15) is 0 Å². The highest BCUT2D eigenvalue weighted by atomic mass is 35.5. The number of rotatable bonds is 5. The molecule has 0 radical (unpaired) electrons. The molecular formula is C20H18ClN3O4S. The molecule has 0 saturated carbocycles. The minimum absolute atomic E-state index is 0.266. The maximum Gasteiger partial charge on any atom is 0.258 e. The highest BCUT2D eigenvalue weighted by molar-refractivity contribution is 7.14. The number of hydrogen-bond donors (Lipinski definition) is 1. The van der Waals surface area contributed by atoms with Crippen molar-refractivity contribution in [1.82, 2.24) is 9.88 Å². The molecule has 1 N–H and O–H groups in total. The number of aromatic nitrogens is 1. The Morgan fingerprint density at radius 3 is 3.00 bits per heavy atom. The van der Waals surface area contributed by atoms with Gasteiger partial charge in [0.05, 0.1) is 18.9 Å². The van der Waals surface area contributed by atoms with E-state index in [2.05, 4.69) is 10.3 Å². The molecule has 1 aliphatic heterocycles. The second kappa shape index (κ2) is 8.26. The number of carbonyl (C=O) groups excluding carboxylic acids is 2. The molecule has 0 spiro atoms. The fraction of sp³-hybridized carbons (Fsp3) is 0.250. The zero-order chi connectivity index (χ0) is 20.4. The van der Waals surface area contributed by atoms with Crippen molar-refractivity contribution in [1.29, 1.82) is 0 Å². The van der Waals surface area contributed by atoms with Gasteiger partial charge in [0, 0.05) is 16.9 Å². The molecule has 0 aliphatic carbocycles. The van der Waals surface area contributed by atoms with Crippen molar-refractivity contribution in [3.63, 3.8) is 0 Å². The second-order valence-corrected chi connectivity index (χ2v) is 7.80. The first kappa shape index (κ1) is 19.5. The summed E-state index contributed by atoms with van der Waals surface area (Å²) in [5.41, 5.74) is 0.993. The summed E-state index contributed by atoms with van der Waals surface area (Å²) >= 11 is 7.36. The smallest absolute Gasteiger partial charge is 0.258 e. The van der Waals surface area contributed by atoms with Crippen molar-refractivity contribution in [2.75, 3.05) is 19.0 Å². The van der Waals surface area contributed by atoms with Crippen LogP contribution in [0.2, 0.25) is 5.02 Å². The maximum atomic E-state index is 13.1. The topological polar surface area (TPSA) is 84.7 Å². The van der Waals surface area contributed by atoms with E-state index in [9.17, 15) is 9.59 Å². The first-order valence-corrected chi connectivity index (χ1v) is 10.3. The molecule has 29 heavy (non-hydrogen) atoms. The van der Waals surface area contributed by atoms with E-state index in [4.69, 9.17) is 20.8 Å². The van der Waals surface area contributed by atoms with Crippen LogP contribution in [0.1, 0.15) is 23.2 Å². The minimum Gasteiger partial charge on any atom is -0.496 e. The molecule has 3 heterocycles.